The van der Waals surface area contributed by atoms with Gasteiger partial charge in [0.25, 0.3) is 6.71 Å². The minimum atomic E-state index is -0.0716. The smallest absolute Gasteiger partial charge is 0.297 e. The Morgan fingerprint density at radius 3 is 1.51 bits per heavy atom. The predicted octanol–water partition coefficient (Wildman–Crippen LogP) is 11.8. The van der Waals surface area contributed by atoms with Crippen molar-refractivity contribution in [3.8, 4) is 0 Å². The molecule has 5 heteroatoms. The number of anilines is 9. The Bertz CT molecular complexity index is 3330. The molecule has 0 fully saturated rings. The number of aryl methyl sites for hydroxylation is 10. The lowest BCUT2D eigenvalue weighted by molar-refractivity contribution is 0.590. The maximum atomic E-state index is 7.36. The number of furan rings is 1. The van der Waals surface area contributed by atoms with Gasteiger partial charge in [0.05, 0.1) is 17.0 Å². The molecule has 8 aromatic rings. The minimum Gasteiger partial charge on any atom is -0.468 e. The number of hydrogen-bond acceptors (Lipinski definition) is 4. The van der Waals surface area contributed by atoms with Crippen LogP contribution in [-0.4, -0.2) is 6.71 Å². The molecule has 0 saturated heterocycles. The molecule has 0 unspecified atom stereocenters. The molecule has 304 valence electrons. The molecule has 7 aliphatic rings. The lowest BCUT2D eigenvalue weighted by atomic mass is 9.35. The highest BCUT2D eigenvalue weighted by atomic mass is 16.3. The molecule has 0 N–H and O–H groups in total. The molecule has 7 aromatic carbocycles. The van der Waals surface area contributed by atoms with E-state index in [4.69, 9.17) is 4.42 Å². The number of nitrogens with zero attached hydrogens (tertiary/aromatic N) is 3. The van der Waals surface area contributed by atoms with E-state index in [1.807, 2.05) is 0 Å². The van der Waals surface area contributed by atoms with E-state index in [-0.39, 0.29) is 12.1 Å². The minimum absolute atomic E-state index is 0.0164. The number of benzene rings is 7. The lowest BCUT2D eigenvalue weighted by Gasteiger charge is -2.44. The summed E-state index contributed by atoms with van der Waals surface area (Å²) in [6.45, 7) is 6.91. The zero-order valence-electron chi connectivity index (χ0n) is 36.4. The van der Waals surface area contributed by atoms with Crippen LogP contribution in [0.25, 0.3) is 11.0 Å². The van der Waals surface area contributed by atoms with E-state index in [0.717, 1.165) is 56.2 Å². The van der Waals surface area contributed by atoms with Gasteiger partial charge in [0.2, 0.25) is 0 Å². The zero-order chi connectivity index (χ0) is 41.5. The fourth-order valence-corrected chi connectivity index (χ4v) is 12.0. The Labute approximate surface area is 369 Å². The third kappa shape index (κ3) is 4.83. The molecular formula is C58H48BN3O. The van der Waals surface area contributed by atoms with E-state index in [2.05, 4.69) is 151 Å². The topological polar surface area (TPSA) is 22.9 Å². The first-order valence-corrected chi connectivity index (χ1v) is 23.6. The Kier molecular flexibility index (Phi) is 6.77. The molecule has 0 saturated carbocycles. The van der Waals surface area contributed by atoms with Crippen molar-refractivity contribution in [2.75, 3.05) is 14.7 Å². The second kappa shape index (κ2) is 12.2. The summed E-state index contributed by atoms with van der Waals surface area (Å²) in [5.41, 5.74) is 31.8. The first kappa shape index (κ1) is 35.1. The van der Waals surface area contributed by atoms with Crippen molar-refractivity contribution in [3.63, 3.8) is 0 Å². The van der Waals surface area contributed by atoms with E-state index in [0.29, 0.717) is 0 Å². The van der Waals surface area contributed by atoms with Gasteiger partial charge in [0.1, 0.15) is 5.58 Å². The maximum Gasteiger partial charge on any atom is 0.297 e. The summed E-state index contributed by atoms with van der Waals surface area (Å²) in [6, 6.07) is 46.1. The van der Waals surface area contributed by atoms with Crippen LogP contribution in [0.2, 0.25) is 0 Å². The predicted molar refractivity (Wildman–Crippen MR) is 261 cm³/mol. The van der Waals surface area contributed by atoms with Crippen LogP contribution in [-0.2, 0) is 69.6 Å². The van der Waals surface area contributed by atoms with E-state index in [1.165, 1.54) is 148 Å². The molecule has 2 aliphatic heterocycles. The van der Waals surface area contributed by atoms with E-state index in [9.17, 15) is 0 Å². The molecule has 5 aliphatic carbocycles. The molecule has 0 radical (unpaired) electrons. The van der Waals surface area contributed by atoms with Gasteiger partial charge in [-0.1, -0.05) is 57.2 Å². The van der Waals surface area contributed by atoms with Crippen LogP contribution in [0.4, 0.5) is 51.2 Å². The average Bonchev–Trinajstić information content (AvgIpc) is 3.60. The monoisotopic (exact) mass is 813 g/mol. The van der Waals surface area contributed by atoms with Gasteiger partial charge < -0.3 is 19.1 Å². The van der Waals surface area contributed by atoms with Gasteiger partial charge in [-0.3, -0.25) is 0 Å². The molecule has 4 nitrogen and oxygen atoms in total. The van der Waals surface area contributed by atoms with Gasteiger partial charge in [0, 0.05) is 45.2 Å². The van der Waals surface area contributed by atoms with Crippen molar-refractivity contribution in [3.05, 3.63) is 176 Å². The van der Waals surface area contributed by atoms with Crippen LogP contribution in [0.1, 0.15) is 82.0 Å². The summed E-state index contributed by atoms with van der Waals surface area (Å²) in [5.74, 6) is 0. The number of fused-ring (bicyclic) bond motifs is 11. The molecule has 1 aromatic heterocycles. The summed E-state index contributed by atoms with van der Waals surface area (Å²) < 4.78 is 7.36. The van der Waals surface area contributed by atoms with Gasteiger partial charge in [-0.05, 0) is 221 Å². The highest BCUT2D eigenvalue weighted by molar-refractivity contribution is 7.00. The normalized spacial score (nSPS) is 16.4. The summed E-state index contributed by atoms with van der Waals surface area (Å²) in [4.78, 5) is 7.82. The average molecular weight is 814 g/mol. The van der Waals surface area contributed by atoms with Crippen molar-refractivity contribution in [2.45, 2.75) is 90.4 Å². The largest absolute Gasteiger partial charge is 0.468 e. The quantitative estimate of drug-likeness (QED) is 0.161. The fourth-order valence-electron chi connectivity index (χ4n) is 12.0. The standard InChI is InChI=1S/C58H48BN3O/c1-58(2,3)43-18-23-54-49(30-43)56-57(63-54)59-50-28-41-12-13-42(41)29-51(50)61(46-21-16-35-6-10-39(35)26-46)52-31-48(32-53(55(52)59)62(56)47-22-17-36-7-11-40(36)27-47)60(44-19-14-33-4-8-37(33)24-44)45-20-15-34-5-9-38(34)25-45/h14-32H,4-13H2,1-3H3. The Balaban J connectivity index is 1.08. The zero-order valence-corrected chi connectivity index (χ0v) is 36.4. The first-order valence-electron chi connectivity index (χ1n) is 23.6. The first-order chi connectivity index (χ1) is 30.8. The molecule has 3 heterocycles. The summed E-state index contributed by atoms with van der Waals surface area (Å²) >= 11 is 0. The van der Waals surface area contributed by atoms with E-state index >= 15 is 0 Å². The van der Waals surface area contributed by atoms with Crippen molar-refractivity contribution in [1.29, 1.82) is 0 Å². The highest BCUT2D eigenvalue weighted by Gasteiger charge is 2.48. The van der Waals surface area contributed by atoms with Crippen LogP contribution in [0.5, 0.6) is 0 Å². The van der Waals surface area contributed by atoms with Gasteiger partial charge in [0.15, 0.2) is 0 Å². The Morgan fingerprint density at radius 1 is 0.460 bits per heavy atom. The summed E-state index contributed by atoms with van der Waals surface area (Å²) in [6.07, 6.45) is 11.5. The lowest BCUT2D eigenvalue weighted by Crippen LogP contribution is -2.61. The highest BCUT2D eigenvalue weighted by Crippen LogP contribution is 2.52. The fraction of sp³-hybridized carbons (Fsp3) is 0.241. The number of rotatable bonds is 5. The Hall–Kier alpha value is -6.46. The van der Waals surface area contributed by atoms with Crippen molar-refractivity contribution >= 4 is 85.5 Å². The maximum absolute atomic E-state index is 7.36. The second-order valence-electron chi connectivity index (χ2n) is 20.6. The summed E-state index contributed by atoms with van der Waals surface area (Å²) in [5, 5.41) is 1.19. The van der Waals surface area contributed by atoms with Gasteiger partial charge >= 0.3 is 0 Å². The van der Waals surface area contributed by atoms with Gasteiger partial charge in [-0.25, -0.2) is 0 Å². The van der Waals surface area contributed by atoms with E-state index < -0.39 is 0 Å². The molecule has 0 atom stereocenters. The molecule has 0 spiro atoms. The van der Waals surface area contributed by atoms with Crippen molar-refractivity contribution < 1.29 is 4.42 Å². The van der Waals surface area contributed by atoms with Crippen molar-refractivity contribution in [2.24, 2.45) is 0 Å². The number of hydrogen-bond donors (Lipinski definition) is 0. The SMILES string of the molecule is CC(C)(C)c1ccc2oc3c(c2c1)N(c1ccc2c(c1)CC2)c1cc(N(c2ccc4c(c2)CC4)c2ccc4c(c2)CC4)cc2c1B3c1cc3c(cc1N2c1ccc2c(c1)CC2)CC3. The van der Waals surface area contributed by atoms with Crippen LogP contribution >= 0.6 is 0 Å². The molecule has 63 heavy (non-hydrogen) atoms. The van der Waals surface area contributed by atoms with Gasteiger partial charge in [-0.2, -0.15) is 0 Å². The second-order valence-corrected chi connectivity index (χ2v) is 20.6. The van der Waals surface area contributed by atoms with Crippen molar-refractivity contribution in [1.82, 2.24) is 0 Å². The molecule has 0 amide bonds. The third-order valence-electron chi connectivity index (χ3n) is 16.2. The molecule has 0 bridgehead atoms. The van der Waals surface area contributed by atoms with Crippen LogP contribution in [0.3, 0.4) is 0 Å². The van der Waals surface area contributed by atoms with Gasteiger partial charge in [-0.15, -0.1) is 0 Å². The molecular weight excluding hydrogens is 765 g/mol. The van der Waals surface area contributed by atoms with E-state index in [1.54, 1.807) is 0 Å². The molecule has 15 rings (SSSR count). The Morgan fingerprint density at radius 2 is 0.968 bits per heavy atom. The summed E-state index contributed by atoms with van der Waals surface area (Å²) in [7, 11) is 0. The van der Waals surface area contributed by atoms with Crippen LogP contribution < -0.4 is 31.3 Å². The van der Waals surface area contributed by atoms with Crippen LogP contribution in [0.15, 0.2) is 120 Å². The van der Waals surface area contributed by atoms with Crippen LogP contribution in [0, 0.1) is 0 Å². The third-order valence-corrected chi connectivity index (χ3v) is 16.2.